The van der Waals surface area contributed by atoms with Crippen LogP contribution >= 0.6 is 0 Å². The predicted molar refractivity (Wildman–Crippen MR) is 41.2 cm³/mol. The van der Waals surface area contributed by atoms with Crippen molar-refractivity contribution in [3.63, 3.8) is 0 Å². The molecule has 10 heavy (non-hydrogen) atoms. The van der Waals surface area contributed by atoms with Crippen molar-refractivity contribution < 1.29 is 8.94 Å². The lowest BCUT2D eigenvalue weighted by Crippen LogP contribution is -2.22. The molecule has 60 valence electrons. The molecule has 0 spiro atoms. The zero-order chi connectivity index (χ0) is 7.40. The van der Waals surface area contributed by atoms with E-state index in [1.54, 1.807) is 0 Å². The van der Waals surface area contributed by atoms with Crippen LogP contribution in [0, 0.1) is 0 Å². The highest BCUT2D eigenvalue weighted by atomic mass is 32.2. The summed E-state index contributed by atoms with van der Waals surface area (Å²) in [5, 5.41) is 0. The molecule has 1 nitrogen and oxygen atoms in total. The predicted octanol–water partition coefficient (Wildman–Crippen LogP) is 1.65. The topological polar surface area (TPSA) is 23.1 Å². The van der Waals surface area contributed by atoms with Gasteiger partial charge in [-0.1, -0.05) is 17.6 Å². The average molecular weight is 164 g/mol. The van der Waals surface area contributed by atoms with E-state index in [0.717, 1.165) is 19.3 Å². The molecule has 0 amide bonds. The molecule has 3 heteroatoms. The quantitative estimate of drug-likeness (QED) is 0.499. The van der Waals surface area contributed by atoms with Gasteiger partial charge in [0, 0.05) is 0 Å². The van der Waals surface area contributed by atoms with Crippen molar-refractivity contribution in [2.24, 2.45) is 0 Å². The second-order valence-electron chi connectivity index (χ2n) is 2.76. The fourth-order valence-corrected chi connectivity index (χ4v) is 2.44. The van der Waals surface area contributed by atoms with Crippen molar-refractivity contribution in [3.8, 4) is 0 Å². The number of halogens is 1. The average Bonchev–Trinajstić information content (AvgIpc) is 1.83. The second kappa shape index (κ2) is 4.19. The molecule has 1 rings (SSSR count). The molecule has 0 radical (unpaired) electrons. The molecule has 2 atom stereocenters. The van der Waals surface area contributed by atoms with Crippen molar-refractivity contribution >= 4 is 11.2 Å². The first-order valence-corrected chi connectivity index (χ1v) is 5.27. The number of hydrogen-bond donors (Lipinski definition) is 0. The Balaban J connectivity index is 2.25. The normalized spacial score (nSPS) is 36.6. The summed E-state index contributed by atoms with van der Waals surface area (Å²) in [5.74, 6) is 0.987. The largest absolute Gasteiger partial charge is 0.616 e. The Labute approximate surface area is 64.2 Å². The summed E-state index contributed by atoms with van der Waals surface area (Å²) in [5.41, 5.74) is 0. The first-order chi connectivity index (χ1) is 4.79. The van der Waals surface area contributed by atoms with E-state index < -0.39 is 17.3 Å². The molecular formula is C7H13FOS. The number of rotatable bonds is 0. The maximum absolute atomic E-state index is 12.7. The van der Waals surface area contributed by atoms with Gasteiger partial charge in [-0.15, -0.1) is 0 Å². The van der Waals surface area contributed by atoms with Crippen LogP contribution in [0.5, 0.6) is 0 Å². The van der Waals surface area contributed by atoms with Crippen molar-refractivity contribution in [3.05, 3.63) is 0 Å². The van der Waals surface area contributed by atoms with E-state index in [1.807, 2.05) is 0 Å². The third kappa shape index (κ3) is 2.88. The maximum Gasteiger partial charge on any atom is 0.144 e. The Bertz CT molecular complexity index is 89.6. The van der Waals surface area contributed by atoms with Gasteiger partial charge in [0.1, 0.15) is 17.7 Å². The van der Waals surface area contributed by atoms with Crippen LogP contribution in [-0.4, -0.2) is 22.2 Å². The van der Waals surface area contributed by atoms with Crippen LogP contribution in [0.4, 0.5) is 4.39 Å². The highest BCUT2D eigenvalue weighted by Crippen LogP contribution is 2.14. The second-order valence-corrected chi connectivity index (χ2v) is 4.38. The summed E-state index contributed by atoms with van der Waals surface area (Å²) < 4.78 is 23.6. The van der Waals surface area contributed by atoms with E-state index in [2.05, 4.69) is 0 Å². The van der Waals surface area contributed by atoms with Gasteiger partial charge in [-0.25, -0.2) is 4.39 Å². The van der Waals surface area contributed by atoms with Gasteiger partial charge < -0.3 is 4.55 Å². The monoisotopic (exact) mass is 164 g/mol. The van der Waals surface area contributed by atoms with E-state index in [4.69, 9.17) is 0 Å². The molecule has 0 N–H and O–H groups in total. The lowest BCUT2D eigenvalue weighted by atomic mass is 10.1. The minimum Gasteiger partial charge on any atom is -0.616 e. The van der Waals surface area contributed by atoms with Gasteiger partial charge in [0.15, 0.2) is 0 Å². The van der Waals surface area contributed by atoms with Crippen LogP contribution in [-0.2, 0) is 11.2 Å². The van der Waals surface area contributed by atoms with E-state index in [0.29, 0.717) is 12.2 Å². The van der Waals surface area contributed by atoms with E-state index in [-0.39, 0.29) is 5.75 Å². The number of alkyl halides is 1. The van der Waals surface area contributed by atoms with Gasteiger partial charge in [-0.05, 0) is 19.3 Å². The molecule has 0 aromatic heterocycles. The van der Waals surface area contributed by atoms with Gasteiger partial charge in [0.2, 0.25) is 0 Å². The molecule has 0 aromatic rings. The van der Waals surface area contributed by atoms with Crippen LogP contribution in [0.15, 0.2) is 0 Å². The summed E-state index contributed by atoms with van der Waals surface area (Å²) in [6, 6.07) is 0. The first-order valence-electron chi connectivity index (χ1n) is 3.78. The van der Waals surface area contributed by atoms with Gasteiger partial charge in [0.05, 0.1) is 0 Å². The van der Waals surface area contributed by atoms with E-state index >= 15 is 0 Å². The Hall–Kier alpha value is 0.240. The lowest BCUT2D eigenvalue weighted by molar-refractivity contribution is 0.328. The van der Waals surface area contributed by atoms with Crippen molar-refractivity contribution in [1.29, 1.82) is 0 Å². The molecule has 1 aliphatic heterocycles. The maximum atomic E-state index is 12.7. The van der Waals surface area contributed by atoms with Crippen LogP contribution < -0.4 is 0 Å². The van der Waals surface area contributed by atoms with Crippen molar-refractivity contribution in [1.82, 2.24) is 0 Å². The van der Waals surface area contributed by atoms with Gasteiger partial charge in [-0.2, -0.15) is 0 Å². The third-order valence-corrected chi connectivity index (χ3v) is 3.23. The summed E-state index contributed by atoms with van der Waals surface area (Å²) in [6.45, 7) is 0. The Morgan fingerprint density at radius 3 is 2.90 bits per heavy atom. The molecule has 1 fully saturated rings. The van der Waals surface area contributed by atoms with Gasteiger partial charge >= 0.3 is 0 Å². The molecule has 0 saturated carbocycles. The Morgan fingerprint density at radius 2 is 2.10 bits per heavy atom. The molecular weight excluding hydrogens is 151 g/mol. The fourth-order valence-electron chi connectivity index (χ4n) is 1.17. The van der Waals surface area contributed by atoms with E-state index in [9.17, 15) is 8.94 Å². The fraction of sp³-hybridized carbons (Fsp3) is 1.00. The highest BCUT2D eigenvalue weighted by Gasteiger charge is 2.17. The highest BCUT2D eigenvalue weighted by molar-refractivity contribution is 7.91. The molecule has 0 aliphatic carbocycles. The zero-order valence-electron chi connectivity index (χ0n) is 6.01. The van der Waals surface area contributed by atoms with Crippen LogP contribution in [0.25, 0.3) is 0 Å². The minimum atomic E-state index is -0.874. The van der Waals surface area contributed by atoms with Gasteiger partial charge in [-0.3, -0.25) is 0 Å². The minimum absolute atomic E-state index is 0.278. The van der Waals surface area contributed by atoms with Crippen LogP contribution in [0.1, 0.15) is 25.7 Å². The van der Waals surface area contributed by atoms with Crippen molar-refractivity contribution in [2.45, 2.75) is 31.9 Å². The van der Waals surface area contributed by atoms with Crippen LogP contribution in [0.2, 0.25) is 0 Å². The lowest BCUT2D eigenvalue weighted by Gasteiger charge is -2.16. The zero-order valence-corrected chi connectivity index (χ0v) is 6.83. The molecule has 0 aromatic carbocycles. The van der Waals surface area contributed by atoms with E-state index in [1.165, 1.54) is 0 Å². The molecule has 1 saturated heterocycles. The summed E-state index contributed by atoms with van der Waals surface area (Å²) in [4.78, 5) is 0. The molecule has 2 unspecified atom stereocenters. The summed E-state index contributed by atoms with van der Waals surface area (Å²) >= 11 is -0.874. The Morgan fingerprint density at radius 1 is 1.30 bits per heavy atom. The third-order valence-electron chi connectivity index (χ3n) is 1.76. The summed E-state index contributed by atoms with van der Waals surface area (Å²) in [7, 11) is 0. The van der Waals surface area contributed by atoms with Gasteiger partial charge in [0.25, 0.3) is 0 Å². The standard InChI is InChI=1S/C7H13FOS/c8-7-4-2-1-3-5-10(9)6-7/h7H,1-6H2. The molecule has 0 bridgehead atoms. The Kier molecular flexibility index (Phi) is 3.49. The SMILES string of the molecule is [O-][S+]1CCCCCC(F)C1. The number of hydrogen-bond acceptors (Lipinski definition) is 1. The first kappa shape index (κ1) is 8.34. The molecule has 1 aliphatic rings. The molecule has 1 heterocycles. The van der Waals surface area contributed by atoms with Crippen LogP contribution in [0.3, 0.4) is 0 Å². The van der Waals surface area contributed by atoms with Crippen molar-refractivity contribution in [2.75, 3.05) is 11.5 Å². The smallest absolute Gasteiger partial charge is 0.144 e. The summed E-state index contributed by atoms with van der Waals surface area (Å²) in [6.07, 6.45) is 2.84.